The number of phenols is 1. The summed E-state index contributed by atoms with van der Waals surface area (Å²) >= 11 is 0. The molecule has 0 bridgehead atoms. The summed E-state index contributed by atoms with van der Waals surface area (Å²) in [6.07, 6.45) is 5.47. The number of aryl methyl sites for hydroxylation is 1. The van der Waals surface area contributed by atoms with Crippen LogP contribution in [0.15, 0.2) is 18.2 Å². The van der Waals surface area contributed by atoms with Crippen molar-refractivity contribution in [3.63, 3.8) is 0 Å². The molecule has 0 spiro atoms. The lowest BCUT2D eigenvalue weighted by Gasteiger charge is -2.26. The van der Waals surface area contributed by atoms with Crippen LogP contribution in [-0.4, -0.2) is 17.1 Å². The number of carbonyl (C=O) groups is 1. The number of nitrogens with zero attached hydrogens (tertiary/aromatic N) is 1. The van der Waals surface area contributed by atoms with Crippen molar-refractivity contribution in [3.05, 3.63) is 29.3 Å². The van der Waals surface area contributed by atoms with Crippen LogP contribution < -0.4 is 5.32 Å². The molecule has 1 amide bonds. The second-order valence-electron chi connectivity index (χ2n) is 5.48. The first-order valence-corrected chi connectivity index (χ1v) is 7.12. The minimum absolute atomic E-state index is 0.101. The number of carbonyl (C=O) groups excluding carboxylic acids is 1. The van der Waals surface area contributed by atoms with E-state index in [-0.39, 0.29) is 17.6 Å². The van der Waals surface area contributed by atoms with Crippen LogP contribution in [0.25, 0.3) is 0 Å². The molecule has 0 aliphatic heterocycles. The summed E-state index contributed by atoms with van der Waals surface area (Å²) in [5.74, 6) is 0.0537. The quantitative estimate of drug-likeness (QED) is 0.888. The maximum atomic E-state index is 12.1. The van der Waals surface area contributed by atoms with E-state index in [0.29, 0.717) is 5.56 Å². The van der Waals surface area contributed by atoms with Gasteiger partial charge in [-0.25, -0.2) is 0 Å². The largest absolute Gasteiger partial charge is 0.508 e. The number of rotatable bonds is 3. The van der Waals surface area contributed by atoms with Crippen molar-refractivity contribution in [2.24, 2.45) is 5.92 Å². The summed E-state index contributed by atoms with van der Waals surface area (Å²) in [5, 5.41) is 21.7. The zero-order valence-corrected chi connectivity index (χ0v) is 11.7. The standard InChI is InChI=1S/C16H20N2O2/c1-11-7-8-13(9-15(11)19)16(20)18-14(10-17)12-5-3-2-4-6-12/h7-9,12,14,19H,2-6H2,1H3,(H,18,20). The molecular weight excluding hydrogens is 252 g/mol. The van der Waals surface area contributed by atoms with Gasteiger partial charge in [-0.05, 0) is 43.4 Å². The summed E-state index contributed by atoms with van der Waals surface area (Å²) in [5.41, 5.74) is 1.12. The van der Waals surface area contributed by atoms with E-state index in [4.69, 9.17) is 0 Å². The van der Waals surface area contributed by atoms with Gasteiger partial charge in [0.1, 0.15) is 11.8 Å². The molecule has 0 saturated heterocycles. The molecule has 1 aromatic carbocycles. The molecule has 2 N–H and O–H groups in total. The second kappa shape index (κ2) is 6.42. The summed E-state index contributed by atoms with van der Waals surface area (Å²) in [4.78, 5) is 12.1. The maximum absolute atomic E-state index is 12.1. The zero-order valence-electron chi connectivity index (χ0n) is 11.7. The fraction of sp³-hybridized carbons (Fsp3) is 0.500. The molecular formula is C16H20N2O2. The van der Waals surface area contributed by atoms with Crippen molar-refractivity contribution in [3.8, 4) is 11.8 Å². The number of hydrogen-bond acceptors (Lipinski definition) is 3. The highest BCUT2D eigenvalue weighted by molar-refractivity contribution is 5.95. The molecule has 0 radical (unpaired) electrons. The molecule has 0 aromatic heterocycles. The van der Waals surface area contributed by atoms with E-state index in [1.165, 1.54) is 12.5 Å². The third-order valence-electron chi connectivity index (χ3n) is 4.02. The lowest BCUT2D eigenvalue weighted by molar-refractivity contribution is 0.0928. The number of aromatic hydroxyl groups is 1. The summed E-state index contributed by atoms with van der Waals surface area (Å²) in [7, 11) is 0. The minimum Gasteiger partial charge on any atom is -0.508 e. The van der Waals surface area contributed by atoms with E-state index < -0.39 is 6.04 Å². The number of hydrogen-bond donors (Lipinski definition) is 2. The maximum Gasteiger partial charge on any atom is 0.252 e. The topological polar surface area (TPSA) is 73.1 Å². The predicted molar refractivity (Wildman–Crippen MR) is 76.3 cm³/mol. The number of nitriles is 1. The van der Waals surface area contributed by atoms with Gasteiger partial charge in [-0.15, -0.1) is 0 Å². The zero-order chi connectivity index (χ0) is 14.5. The Hall–Kier alpha value is -2.02. The molecule has 1 aliphatic carbocycles. The molecule has 1 fully saturated rings. The Morgan fingerprint density at radius 3 is 2.70 bits per heavy atom. The summed E-state index contributed by atoms with van der Waals surface area (Å²) < 4.78 is 0. The molecule has 1 aromatic rings. The van der Waals surface area contributed by atoms with Gasteiger partial charge in [-0.1, -0.05) is 25.3 Å². The molecule has 20 heavy (non-hydrogen) atoms. The molecule has 1 atom stereocenters. The Kier molecular flexibility index (Phi) is 4.62. The van der Waals surface area contributed by atoms with Gasteiger partial charge in [-0.2, -0.15) is 5.26 Å². The Morgan fingerprint density at radius 1 is 1.40 bits per heavy atom. The van der Waals surface area contributed by atoms with Crippen LogP contribution in [-0.2, 0) is 0 Å². The molecule has 4 heteroatoms. The summed E-state index contributed by atoms with van der Waals surface area (Å²) in [6.45, 7) is 1.77. The molecule has 0 heterocycles. The Labute approximate surface area is 119 Å². The lowest BCUT2D eigenvalue weighted by Crippen LogP contribution is -2.40. The van der Waals surface area contributed by atoms with E-state index in [2.05, 4.69) is 11.4 Å². The smallest absolute Gasteiger partial charge is 0.252 e. The Bertz CT molecular complexity index is 528. The van der Waals surface area contributed by atoms with Crippen LogP contribution in [0.4, 0.5) is 0 Å². The van der Waals surface area contributed by atoms with Gasteiger partial charge in [0.25, 0.3) is 5.91 Å². The van der Waals surface area contributed by atoms with Crippen LogP contribution in [0.1, 0.15) is 48.0 Å². The van der Waals surface area contributed by atoms with Crippen molar-refractivity contribution in [2.75, 3.05) is 0 Å². The molecule has 1 saturated carbocycles. The van der Waals surface area contributed by atoms with Crippen molar-refractivity contribution in [2.45, 2.75) is 45.1 Å². The fourth-order valence-corrected chi connectivity index (χ4v) is 2.70. The van der Waals surface area contributed by atoms with Gasteiger partial charge in [0.2, 0.25) is 0 Å². The van der Waals surface area contributed by atoms with Crippen molar-refractivity contribution >= 4 is 5.91 Å². The normalized spacial score (nSPS) is 17.2. The first kappa shape index (κ1) is 14.4. The fourth-order valence-electron chi connectivity index (χ4n) is 2.70. The van der Waals surface area contributed by atoms with Gasteiger partial charge in [-0.3, -0.25) is 4.79 Å². The van der Waals surface area contributed by atoms with Crippen LogP contribution >= 0.6 is 0 Å². The van der Waals surface area contributed by atoms with E-state index in [1.54, 1.807) is 19.1 Å². The van der Waals surface area contributed by atoms with Gasteiger partial charge in [0.15, 0.2) is 0 Å². The first-order valence-electron chi connectivity index (χ1n) is 7.12. The van der Waals surface area contributed by atoms with Crippen molar-refractivity contribution in [1.82, 2.24) is 5.32 Å². The highest BCUT2D eigenvalue weighted by Crippen LogP contribution is 2.26. The van der Waals surface area contributed by atoms with Crippen LogP contribution in [0.5, 0.6) is 5.75 Å². The molecule has 2 rings (SSSR count). The van der Waals surface area contributed by atoms with Crippen LogP contribution in [0.2, 0.25) is 0 Å². The monoisotopic (exact) mass is 272 g/mol. The average Bonchev–Trinajstić information content (AvgIpc) is 2.48. The van der Waals surface area contributed by atoms with Gasteiger partial charge in [0.05, 0.1) is 6.07 Å². The van der Waals surface area contributed by atoms with E-state index in [1.807, 2.05) is 0 Å². The van der Waals surface area contributed by atoms with Gasteiger partial charge in [0, 0.05) is 5.56 Å². The predicted octanol–water partition coefficient (Wildman–Crippen LogP) is 2.90. The molecule has 106 valence electrons. The highest BCUT2D eigenvalue weighted by Gasteiger charge is 2.25. The number of nitrogens with one attached hydrogen (secondary N) is 1. The van der Waals surface area contributed by atoms with Crippen molar-refractivity contribution < 1.29 is 9.90 Å². The summed E-state index contributed by atoms with van der Waals surface area (Å²) in [6, 6.07) is 6.58. The van der Waals surface area contributed by atoms with Gasteiger partial charge >= 0.3 is 0 Å². The molecule has 1 unspecified atom stereocenters. The van der Waals surface area contributed by atoms with Crippen LogP contribution in [0.3, 0.4) is 0 Å². The molecule has 1 aliphatic rings. The number of amides is 1. The highest BCUT2D eigenvalue weighted by atomic mass is 16.3. The molecule has 4 nitrogen and oxygen atoms in total. The first-order chi connectivity index (χ1) is 9.61. The minimum atomic E-state index is -0.439. The van der Waals surface area contributed by atoms with E-state index >= 15 is 0 Å². The third-order valence-corrected chi connectivity index (χ3v) is 4.02. The Morgan fingerprint density at radius 2 is 2.10 bits per heavy atom. The lowest BCUT2D eigenvalue weighted by atomic mass is 9.84. The van der Waals surface area contributed by atoms with Gasteiger partial charge < -0.3 is 10.4 Å². The second-order valence-corrected chi connectivity index (χ2v) is 5.48. The van der Waals surface area contributed by atoms with E-state index in [0.717, 1.165) is 31.2 Å². The number of benzene rings is 1. The van der Waals surface area contributed by atoms with Crippen LogP contribution in [0, 0.1) is 24.2 Å². The van der Waals surface area contributed by atoms with E-state index in [9.17, 15) is 15.2 Å². The Balaban J connectivity index is 2.05. The van der Waals surface area contributed by atoms with Crippen molar-refractivity contribution in [1.29, 1.82) is 5.26 Å². The average molecular weight is 272 g/mol. The SMILES string of the molecule is Cc1ccc(C(=O)NC(C#N)C2CCCCC2)cc1O. The third kappa shape index (κ3) is 3.30. The number of phenolic OH excluding ortho intramolecular Hbond substituents is 1.